The topological polar surface area (TPSA) is 69.7 Å². The van der Waals surface area contributed by atoms with Gasteiger partial charge in [0.15, 0.2) is 5.13 Å². The standard InChI is InChI=1S/C19H16N2O4S/c1-23-12-7-11(8-13(9-12)24-2)18(22)21-19-20-17-14-5-3-4-6-15(14)25-10-16(17)26-19/h3-9H,10H2,1-2H3,(H,20,21,22). The van der Waals surface area contributed by atoms with Crippen molar-refractivity contribution in [2.75, 3.05) is 19.5 Å². The summed E-state index contributed by atoms with van der Waals surface area (Å²) in [6, 6.07) is 12.8. The average Bonchev–Trinajstić information content (AvgIpc) is 3.10. The number of ether oxygens (including phenoxy) is 3. The maximum atomic E-state index is 12.6. The average molecular weight is 368 g/mol. The van der Waals surface area contributed by atoms with Gasteiger partial charge in [0.2, 0.25) is 0 Å². The van der Waals surface area contributed by atoms with Crippen LogP contribution < -0.4 is 19.5 Å². The quantitative estimate of drug-likeness (QED) is 0.754. The number of hydrogen-bond acceptors (Lipinski definition) is 6. The molecule has 1 aliphatic rings. The summed E-state index contributed by atoms with van der Waals surface area (Å²) in [5.74, 6) is 1.63. The molecule has 132 valence electrons. The van der Waals surface area contributed by atoms with Crippen molar-refractivity contribution in [2.24, 2.45) is 0 Å². The van der Waals surface area contributed by atoms with Crippen molar-refractivity contribution < 1.29 is 19.0 Å². The molecule has 1 N–H and O–H groups in total. The number of nitrogens with one attached hydrogen (secondary N) is 1. The summed E-state index contributed by atoms with van der Waals surface area (Å²) in [6.45, 7) is 0.451. The predicted molar refractivity (Wildman–Crippen MR) is 99.4 cm³/mol. The van der Waals surface area contributed by atoms with Crippen LogP contribution in [0.5, 0.6) is 17.2 Å². The fourth-order valence-electron chi connectivity index (χ4n) is 2.75. The van der Waals surface area contributed by atoms with Crippen LogP contribution in [0.25, 0.3) is 11.3 Å². The van der Waals surface area contributed by atoms with Crippen molar-refractivity contribution in [3.8, 4) is 28.5 Å². The van der Waals surface area contributed by atoms with Crippen LogP contribution in [-0.2, 0) is 6.61 Å². The number of nitrogens with zero attached hydrogens (tertiary/aromatic N) is 1. The van der Waals surface area contributed by atoms with E-state index >= 15 is 0 Å². The third-order valence-corrected chi connectivity index (χ3v) is 4.98. The predicted octanol–water partition coefficient (Wildman–Crippen LogP) is 3.97. The molecule has 1 aliphatic heterocycles. The highest BCUT2D eigenvalue weighted by Crippen LogP contribution is 2.40. The molecule has 4 rings (SSSR count). The van der Waals surface area contributed by atoms with E-state index in [1.54, 1.807) is 32.4 Å². The molecule has 1 amide bonds. The summed E-state index contributed by atoms with van der Waals surface area (Å²) in [4.78, 5) is 18.2. The summed E-state index contributed by atoms with van der Waals surface area (Å²) in [5.41, 5.74) is 2.23. The second-order valence-corrected chi connectivity index (χ2v) is 6.71. The Morgan fingerprint density at radius 2 is 1.88 bits per heavy atom. The van der Waals surface area contributed by atoms with E-state index < -0.39 is 0 Å². The minimum Gasteiger partial charge on any atom is -0.497 e. The third kappa shape index (κ3) is 2.97. The molecule has 26 heavy (non-hydrogen) atoms. The molecule has 0 saturated heterocycles. The van der Waals surface area contributed by atoms with Gasteiger partial charge in [0.1, 0.15) is 23.9 Å². The molecule has 0 unspecified atom stereocenters. The first-order chi connectivity index (χ1) is 12.7. The van der Waals surface area contributed by atoms with E-state index in [1.165, 1.54) is 11.3 Å². The lowest BCUT2D eigenvalue weighted by Crippen LogP contribution is -2.12. The molecule has 2 aromatic carbocycles. The monoisotopic (exact) mass is 368 g/mol. The molecule has 0 aliphatic carbocycles. The van der Waals surface area contributed by atoms with Gasteiger partial charge in [0.05, 0.1) is 24.8 Å². The number of benzene rings is 2. The number of methoxy groups -OCH3 is 2. The van der Waals surface area contributed by atoms with Gasteiger partial charge in [-0.3, -0.25) is 10.1 Å². The van der Waals surface area contributed by atoms with E-state index in [0.29, 0.717) is 28.8 Å². The SMILES string of the molecule is COc1cc(OC)cc(C(=O)Nc2nc3c(s2)COc2ccccc2-3)c1. The highest BCUT2D eigenvalue weighted by molar-refractivity contribution is 7.16. The molecule has 0 spiro atoms. The second kappa shape index (κ2) is 6.68. The van der Waals surface area contributed by atoms with Crippen LogP contribution in [0.4, 0.5) is 5.13 Å². The van der Waals surface area contributed by atoms with Crippen molar-refractivity contribution >= 4 is 22.4 Å². The van der Waals surface area contributed by atoms with E-state index in [9.17, 15) is 4.79 Å². The first-order valence-corrected chi connectivity index (χ1v) is 8.76. The van der Waals surface area contributed by atoms with E-state index in [4.69, 9.17) is 14.2 Å². The highest BCUT2D eigenvalue weighted by Gasteiger charge is 2.22. The zero-order valence-corrected chi connectivity index (χ0v) is 15.1. The van der Waals surface area contributed by atoms with Crippen LogP contribution in [0, 0.1) is 0 Å². The van der Waals surface area contributed by atoms with Gasteiger partial charge in [-0.05, 0) is 24.3 Å². The Bertz CT molecular complexity index is 961. The van der Waals surface area contributed by atoms with Gasteiger partial charge in [-0.15, -0.1) is 0 Å². The van der Waals surface area contributed by atoms with Gasteiger partial charge >= 0.3 is 0 Å². The lowest BCUT2D eigenvalue weighted by Gasteiger charge is -2.15. The number of aromatic nitrogens is 1. The summed E-state index contributed by atoms with van der Waals surface area (Å²) in [7, 11) is 3.09. The van der Waals surface area contributed by atoms with Gasteiger partial charge < -0.3 is 14.2 Å². The smallest absolute Gasteiger partial charge is 0.257 e. The Morgan fingerprint density at radius 3 is 2.62 bits per heavy atom. The Labute approximate surface area is 154 Å². The molecule has 0 bridgehead atoms. The maximum Gasteiger partial charge on any atom is 0.257 e. The Balaban J connectivity index is 1.61. The largest absolute Gasteiger partial charge is 0.497 e. The summed E-state index contributed by atoms with van der Waals surface area (Å²) in [5, 5.41) is 3.38. The number of carbonyl (C=O) groups is 1. The zero-order valence-electron chi connectivity index (χ0n) is 14.2. The van der Waals surface area contributed by atoms with E-state index in [-0.39, 0.29) is 5.91 Å². The highest BCUT2D eigenvalue weighted by atomic mass is 32.1. The van der Waals surface area contributed by atoms with Crippen molar-refractivity contribution in [1.82, 2.24) is 4.98 Å². The first-order valence-electron chi connectivity index (χ1n) is 7.94. The number of thiazole rings is 1. The number of fused-ring (bicyclic) bond motifs is 3. The normalized spacial score (nSPS) is 11.8. The van der Waals surface area contributed by atoms with Crippen LogP contribution in [0.15, 0.2) is 42.5 Å². The molecule has 7 heteroatoms. The van der Waals surface area contributed by atoms with Gasteiger partial charge in [-0.2, -0.15) is 0 Å². The number of para-hydroxylation sites is 1. The number of amides is 1. The van der Waals surface area contributed by atoms with Gasteiger partial charge in [-0.1, -0.05) is 23.5 Å². The molecule has 0 atom stereocenters. The molecular formula is C19H16N2O4S. The molecule has 1 aromatic heterocycles. The molecule has 6 nitrogen and oxygen atoms in total. The summed E-state index contributed by atoms with van der Waals surface area (Å²) < 4.78 is 16.2. The second-order valence-electron chi connectivity index (χ2n) is 5.63. The molecule has 2 heterocycles. The fraction of sp³-hybridized carbons (Fsp3) is 0.158. The summed E-state index contributed by atoms with van der Waals surface area (Å²) >= 11 is 1.41. The van der Waals surface area contributed by atoms with Gasteiger partial charge in [-0.25, -0.2) is 4.98 Å². The zero-order chi connectivity index (χ0) is 18.1. The first kappa shape index (κ1) is 16.4. The lowest BCUT2D eigenvalue weighted by atomic mass is 10.1. The number of hydrogen-bond donors (Lipinski definition) is 1. The number of anilines is 1. The van der Waals surface area contributed by atoms with E-state index in [2.05, 4.69) is 10.3 Å². The van der Waals surface area contributed by atoms with Crippen molar-refractivity contribution in [1.29, 1.82) is 0 Å². The molecular weight excluding hydrogens is 352 g/mol. The minimum atomic E-state index is -0.275. The van der Waals surface area contributed by atoms with E-state index in [1.807, 2.05) is 24.3 Å². The number of rotatable bonds is 4. The maximum absolute atomic E-state index is 12.6. The Morgan fingerprint density at radius 1 is 1.15 bits per heavy atom. The van der Waals surface area contributed by atoms with Crippen LogP contribution in [0.2, 0.25) is 0 Å². The molecule has 0 radical (unpaired) electrons. The summed E-state index contributed by atoms with van der Waals surface area (Å²) in [6.07, 6.45) is 0. The fourth-order valence-corrected chi connectivity index (χ4v) is 3.64. The Kier molecular flexibility index (Phi) is 4.22. The van der Waals surface area contributed by atoms with Crippen molar-refractivity contribution in [3.63, 3.8) is 0 Å². The lowest BCUT2D eigenvalue weighted by molar-refractivity contribution is 0.102. The van der Waals surface area contributed by atoms with Crippen LogP contribution in [-0.4, -0.2) is 25.1 Å². The molecule has 0 fully saturated rings. The van der Waals surface area contributed by atoms with Gasteiger partial charge in [0.25, 0.3) is 5.91 Å². The van der Waals surface area contributed by atoms with Crippen LogP contribution in [0.3, 0.4) is 0 Å². The van der Waals surface area contributed by atoms with Gasteiger partial charge in [0, 0.05) is 17.2 Å². The third-order valence-electron chi connectivity index (χ3n) is 4.03. The van der Waals surface area contributed by atoms with Crippen molar-refractivity contribution in [3.05, 3.63) is 52.9 Å². The molecule has 0 saturated carbocycles. The Hall–Kier alpha value is -3.06. The van der Waals surface area contributed by atoms with Crippen molar-refractivity contribution in [2.45, 2.75) is 6.61 Å². The number of carbonyl (C=O) groups excluding carboxylic acids is 1. The van der Waals surface area contributed by atoms with Crippen LogP contribution >= 0.6 is 11.3 Å². The van der Waals surface area contributed by atoms with Crippen LogP contribution in [0.1, 0.15) is 15.2 Å². The minimum absolute atomic E-state index is 0.275. The molecule has 3 aromatic rings. The van der Waals surface area contributed by atoms with E-state index in [0.717, 1.165) is 21.9 Å².